The molecule has 4 rings (SSSR count). The largest absolute Gasteiger partial charge is 0.493 e. The molecule has 3 aromatic rings. The van der Waals surface area contributed by atoms with E-state index in [1.807, 2.05) is 0 Å². The van der Waals surface area contributed by atoms with Crippen molar-refractivity contribution in [3.05, 3.63) is 98.9 Å². The fourth-order valence-corrected chi connectivity index (χ4v) is 5.09. The number of benzene rings is 3. The molecular formula is C24H18N2O8S2. The zero-order valence-corrected chi connectivity index (χ0v) is 20.3. The first-order valence-corrected chi connectivity index (χ1v) is 12.6. The molecule has 1 saturated heterocycles. The molecule has 3 aromatic carbocycles. The maximum atomic E-state index is 12.9. The van der Waals surface area contributed by atoms with Crippen LogP contribution in [0.2, 0.25) is 0 Å². The maximum Gasteiger partial charge on any atom is 0.339 e. The van der Waals surface area contributed by atoms with Crippen LogP contribution in [0.5, 0.6) is 11.5 Å². The van der Waals surface area contributed by atoms with Gasteiger partial charge in [0.2, 0.25) is 0 Å². The van der Waals surface area contributed by atoms with E-state index < -0.39 is 26.2 Å². The van der Waals surface area contributed by atoms with E-state index in [1.165, 1.54) is 61.7 Å². The number of non-ortho nitro benzene ring substituents is 1. The molecule has 36 heavy (non-hydrogen) atoms. The summed E-state index contributed by atoms with van der Waals surface area (Å²) in [5, 5.41) is 10.3. The molecule has 0 bridgehead atoms. The Morgan fingerprint density at radius 1 is 1.00 bits per heavy atom. The van der Waals surface area contributed by atoms with Gasteiger partial charge in [-0.2, -0.15) is 8.42 Å². The van der Waals surface area contributed by atoms with Crippen LogP contribution in [-0.2, 0) is 21.5 Å². The van der Waals surface area contributed by atoms with Crippen LogP contribution in [-0.4, -0.2) is 36.5 Å². The van der Waals surface area contributed by atoms with Crippen molar-refractivity contribution in [3.8, 4) is 11.5 Å². The lowest BCUT2D eigenvalue weighted by Crippen LogP contribution is -2.27. The highest BCUT2D eigenvalue weighted by molar-refractivity contribution is 8.18. The lowest BCUT2D eigenvalue weighted by Gasteiger charge is -2.12. The van der Waals surface area contributed by atoms with Crippen molar-refractivity contribution < 1.29 is 31.9 Å². The van der Waals surface area contributed by atoms with Gasteiger partial charge >= 0.3 is 10.1 Å². The van der Waals surface area contributed by atoms with E-state index in [1.54, 1.807) is 24.3 Å². The van der Waals surface area contributed by atoms with Crippen molar-refractivity contribution in [3.63, 3.8) is 0 Å². The van der Waals surface area contributed by atoms with Crippen molar-refractivity contribution in [2.75, 3.05) is 7.11 Å². The minimum atomic E-state index is -4.14. The Kier molecular flexibility index (Phi) is 7.08. The van der Waals surface area contributed by atoms with Crippen LogP contribution >= 0.6 is 11.8 Å². The Labute approximate surface area is 210 Å². The molecule has 1 aliphatic rings. The fraction of sp³-hybridized carbons (Fsp3) is 0.0833. The van der Waals surface area contributed by atoms with Crippen molar-refractivity contribution in [1.82, 2.24) is 4.90 Å². The van der Waals surface area contributed by atoms with E-state index in [9.17, 15) is 28.1 Å². The maximum absolute atomic E-state index is 12.9. The van der Waals surface area contributed by atoms with Crippen LogP contribution in [0, 0.1) is 10.1 Å². The number of rotatable bonds is 8. The summed E-state index contributed by atoms with van der Waals surface area (Å²) in [7, 11) is -2.78. The Morgan fingerprint density at radius 3 is 2.33 bits per heavy atom. The third kappa shape index (κ3) is 5.39. The number of thioether (sulfide) groups is 1. The van der Waals surface area contributed by atoms with Gasteiger partial charge in [-0.1, -0.05) is 36.4 Å². The second-order valence-corrected chi connectivity index (χ2v) is 9.99. The number of nitro groups is 1. The minimum Gasteiger partial charge on any atom is -0.493 e. The number of imide groups is 1. The summed E-state index contributed by atoms with van der Waals surface area (Å²) in [5.41, 5.74) is 0.866. The third-order valence-electron chi connectivity index (χ3n) is 5.08. The van der Waals surface area contributed by atoms with Gasteiger partial charge in [-0.25, -0.2) is 0 Å². The molecule has 0 aromatic heterocycles. The number of hydrogen-bond acceptors (Lipinski definition) is 9. The highest BCUT2D eigenvalue weighted by atomic mass is 32.2. The monoisotopic (exact) mass is 526 g/mol. The van der Waals surface area contributed by atoms with E-state index in [0.29, 0.717) is 11.1 Å². The summed E-state index contributed by atoms with van der Waals surface area (Å²) < 4.78 is 35.8. The molecule has 1 heterocycles. The molecule has 1 aliphatic heterocycles. The van der Waals surface area contributed by atoms with E-state index in [4.69, 9.17) is 8.92 Å². The zero-order chi connectivity index (χ0) is 25.9. The highest BCUT2D eigenvalue weighted by Gasteiger charge is 2.35. The Morgan fingerprint density at radius 2 is 1.69 bits per heavy atom. The van der Waals surface area contributed by atoms with Crippen LogP contribution < -0.4 is 8.92 Å². The van der Waals surface area contributed by atoms with Crippen molar-refractivity contribution in [2.24, 2.45) is 0 Å². The molecule has 0 N–H and O–H groups in total. The van der Waals surface area contributed by atoms with E-state index in [-0.39, 0.29) is 33.5 Å². The molecule has 0 atom stereocenters. The first-order chi connectivity index (χ1) is 17.2. The van der Waals surface area contributed by atoms with Crippen LogP contribution in [0.25, 0.3) is 6.08 Å². The summed E-state index contributed by atoms with van der Waals surface area (Å²) in [5.74, 6) is -0.461. The van der Waals surface area contributed by atoms with Gasteiger partial charge in [0.05, 0.1) is 23.5 Å². The van der Waals surface area contributed by atoms with E-state index in [0.717, 1.165) is 16.7 Å². The topological polar surface area (TPSA) is 133 Å². The molecule has 0 spiro atoms. The van der Waals surface area contributed by atoms with E-state index in [2.05, 4.69) is 0 Å². The van der Waals surface area contributed by atoms with Gasteiger partial charge in [0, 0.05) is 12.1 Å². The van der Waals surface area contributed by atoms with Crippen LogP contribution in [0.3, 0.4) is 0 Å². The first-order valence-electron chi connectivity index (χ1n) is 10.3. The number of methoxy groups -OCH3 is 1. The SMILES string of the molecule is COc1ccc(/C=C2\SC(=O)N(Cc3ccc([N+](=O)[O-])cc3)C2=O)cc1OS(=O)(=O)c1ccccc1. The number of amides is 2. The highest BCUT2D eigenvalue weighted by Crippen LogP contribution is 2.36. The average molecular weight is 527 g/mol. The molecular weight excluding hydrogens is 508 g/mol. The molecule has 12 heteroatoms. The predicted molar refractivity (Wildman–Crippen MR) is 132 cm³/mol. The van der Waals surface area contributed by atoms with Crippen molar-refractivity contribution in [1.29, 1.82) is 0 Å². The molecule has 1 fully saturated rings. The van der Waals surface area contributed by atoms with Crippen molar-refractivity contribution >= 4 is 44.8 Å². The van der Waals surface area contributed by atoms with Gasteiger partial charge in [0.25, 0.3) is 16.8 Å². The fourth-order valence-electron chi connectivity index (χ4n) is 3.29. The third-order valence-corrected chi connectivity index (χ3v) is 7.23. The first kappa shape index (κ1) is 24.9. The summed E-state index contributed by atoms with van der Waals surface area (Å²) >= 11 is 0.730. The van der Waals surface area contributed by atoms with Gasteiger partial charge in [0.1, 0.15) is 4.90 Å². The Balaban J connectivity index is 1.56. The number of ether oxygens (including phenoxy) is 1. The quantitative estimate of drug-likeness (QED) is 0.179. The Hall–Kier alpha value is -4.16. The molecule has 0 saturated carbocycles. The number of nitrogens with zero attached hydrogens (tertiary/aromatic N) is 2. The smallest absolute Gasteiger partial charge is 0.339 e. The predicted octanol–water partition coefficient (Wildman–Crippen LogP) is 4.61. The molecule has 10 nitrogen and oxygen atoms in total. The molecule has 0 radical (unpaired) electrons. The summed E-state index contributed by atoms with van der Waals surface area (Å²) in [6.45, 7) is -0.0493. The molecule has 184 valence electrons. The molecule has 0 unspecified atom stereocenters. The van der Waals surface area contributed by atoms with Gasteiger partial charge in [-0.05, 0) is 53.2 Å². The van der Waals surface area contributed by atoms with Crippen molar-refractivity contribution in [2.45, 2.75) is 11.4 Å². The molecule has 0 aliphatic carbocycles. The van der Waals surface area contributed by atoms with Gasteiger partial charge in [-0.15, -0.1) is 0 Å². The molecule has 2 amide bonds. The summed E-state index contributed by atoms with van der Waals surface area (Å²) in [6, 6.07) is 17.6. The number of hydrogen-bond donors (Lipinski definition) is 0. The lowest BCUT2D eigenvalue weighted by molar-refractivity contribution is -0.384. The van der Waals surface area contributed by atoms with Gasteiger partial charge in [0.15, 0.2) is 11.5 Å². The summed E-state index contributed by atoms with van der Waals surface area (Å²) in [6.07, 6.45) is 1.45. The number of carbonyl (C=O) groups is 2. The van der Waals surface area contributed by atoms with E-state index >= 15 is 0 Å². The Bertz CT molecular complexity index is 1470. The van der Waals surface area contributed by atoms with Gasteiger partial charge in [-0.3, -0.25) is 24.6 Å². The lowest BCUT2D eigenvalue weighted by atomic mass is 10.1. The number of carbonyl (C=O) groups excluding carboxylic acids is 2. The van der Waals surface area contributed by atoms with Crippen LogP contribution in [0.1, 0.15) is 11.1 Å². The average Bonchev–Trinajstić information content (AvgIpc) is 3.12. The van der Waals surface area contributed by atoms with Gasteiger partial charge < -0.3 is 8.92 Å². The zero-order valence-electron chi connectivity index (χ0n) is 18.7. The standard InChI is InChI=1S/C24H18N2O8S2/c1-33-20-12-9-17(13-21(20)34-36(31,32)19-5-3-2-4-6-19)14-22-23(27)25(24(28)35-22)15-16-7-10-18(11-8-16)26(29)30/h2-14H,15H2,1H3/b22-14-. The summed E-state index contributed by atoms with van der Waals surface area (Å²) in [4.78, 5) is 36.7. The van der Waals surface area contributed by atoms with Crippen LogP contribution in [0.15, 0.2) is 82.6 Å². The second kappa shape index (κ2) is 10.2. The second-order valence-electron chi connectivity index (χ2n) is 7.45. The minimum absolute atomic E-state index is 0.0372. The normalized spacial score (nSPS) is 14.8. The van der Waals surface area contributed by atoms with Crippen LogP contribution in [0.4, 0.5) is 10.5 Å². The number of nitro benzene ring substituents is 1.